The van der Waals surface area contributed by atoms with E-state index in [1.165, 1.54) is 59.9 Å². The average molecular weight is 419 g/mol. The Morgan fingerprint density at radius 3 is 2.45 bits per heavy atom. The standard InChI is InChI=1S/C26H30O2.CO2/c1-18-13-14-21-20(16-18)17-24(26(21)19-8-3-2-4-9-19)22-10-5-6-11-23(22)25(28)12-7-15-27;2-1-3/h5-6,10-11,13-14,16,19,27H,2-4,7-9,12,15,17H2,1H3;. The lowest BCUT2D eigenvalue weighted by atomic mass is 9.79. The molecule has 31 heavy (non-hydrogen) atoms. The number of allylic oxidation sites excluding steroid dienone is 2. The molecule has 0 aliphatic heterocycles. The molecule has 0 unspecified atom stereocenters. The lowest BCUT2D eigenvalue weighted by Gasteiger charge is -2.26. The molecule has 4 nitrogen and oxygen atoms in total. The fourth-order valence-electron chi connectivity index (χ4n) is 5.04. The van der Waals surface area contributed by atoms with Crippen molar-refractivity contribution in [3.8, 4) is 0 Å². The smallest absolute Gasteiger partial charge is 0.373 e. The summed E-state index contributed by atoms with van der Waals surface area (Å²) in [6.45, 7) is 2.22. The van der Waals surface area contributed by atoms with Crippen molar-refractivity contribution < 1.29 is 19.5 Å². The highest BCUT2D eigenvalue weighted by Crippen LogP contribution is 2.47. The van der Waals surface area contributed by atoms with Crippen LogP contribution in [-0.4, -0.2) is 23.6 Å². The van der Waals surface area contributed by atoms with E-state index in [1.807, 2.05) is 12.1 Å². The molecule has 0 saturated heterocycles. The number of hydrogen-bond acceptors (Lipinski definition) is 4. The zero-order chi connectivity index (χ0) is 22.2. The van der Waals surface area contributed by atoms with E-state index in [2.05, 4.69) is 37.3 Å². The Hall–Kier alpha value is -2.81. The first kappa shape index (κ1) is 22.9. The van der Waals surface area contributed by atoms with Crippen molar-refractivity contribution in [2.45, 2.75) is 58.3 Å². The summed E-state index contributed by atoms with van der Waals surface area (Å²) in [4.78, 5) is 29.1. The number of aliphatic hydroxyl groups excluding tert-OH is 1. The Balaban J connectivity index is 0.000000858. The van der Waals surface area contributed by atoms with Gasteiger partial charge in [0.2, 0.25) is 0 Å². The van der Waals surface area contributed by atoms with Crippen LogP contribution in [0.25, 0.3) is 11.1 Å². The van der Waals surface area contributed by atoms with E-state index in [9.17, 15) is 4.79 Å². The van der Waals surface area contributed by atoms with Crippen LogP contribution in [0.5, 0.6) is 0 Å². The largest absolute Gasteiger partial charge is 0.396 e. The summed E-state index contributed by atoms with van der Waals surface area (Å²) in [7, 11) is 0. The van der Waals surface area contributed by atoms with Crippen molar-refractivity contribution in [3.63, 3.8) is 0 Å². The number of aryl methyl sites for hydroxylation is 1. The van der Waals surface area contributed by atoms with Gasteiger partial charge in [-0.15, -0.1) is 0 Å². The highest BCUT2D eigenvalue weighted by molar-refractivity contribution is 6.06. The lowest BCUT2D eigenvalue weighted by Crippen LogP contribution is -2.10. The van der Waals surface area contributed by atoms with Crippen LogP contribution in [0.15, 0.2) is 42.5 Å². The van der Waals surface area contributed by atoms with Crippen molar-refractivity contribution in [1.29, 1.82) is 0 Å². The van der Waals surface area contributed by atoms with Gasteiger partial charge in [0.05, 0.1) is 0 Å². The Labute approximate surface area is 184 Å². The molecular weight excluding hydrogens is 388 g/mol. The van der Waals surface area contributed by atoms with Crippen LogP contribution < -0.4 is 0 Å². The zero-order valence-corrected chi connectivity index (χ0v) is 18.2. The third-order valence-electron chi connectivity index (χ3n) is 6.37. The van der Waals surface area contributed by atoms with Crippen LogP contribution in [0.1, 0.15) is 77.6 Å². The first-order valence-corrected chi connectivity index (χ1v) is 11.2. The van der Waals surface area contributed by atoms with Gasteiger partial charge < -0.3 is 5.11 Å². The third-order valence-corrected chi connectivity index (χ3v) is 6.37. The molecule has 0 atom stereocenters. The van der Waals surface area contributed by atoms with E-state index in [0.29, 0.717) is 18.8 Å². The Morgan fingerprint density at radius 1 is 1.03 bits per heavy atom. The number of fused-ring (bicyclic) bond motifs is 1. The molecule has 4 heteroatoms. The molecule has 0 amide bonds. The minimum Gasteiger partial charge on any atom is -0.396 e. The second-order valence-corrected chi connectivity index (χ2v) is 8.44. The molecule has 162 valence electrons. The SMILES string of the molecule is Cc1ccc2c(c1)CC(c1ccccc1C(=O)CCCO)=C2C1CCCCC1.O=C=O. The number of aliphatic hydroxyl groups is 1. The topological polar surface area (TPSA) is 71.4 Å². The number of ketones is 1. The van der Waals surface area contributed by atoms with Crippen LogP contribution >= 0.6 is 0 Å². The van der Waals surface area contributed by atoms with Gasteiger partial charge in [-0.25, -0.2) is 0 Å². The van der Waals surface area contributed by atoms with E-state index in [1.54, 1.807) is 0 Å². The summed E-state index contributed by atoms with van der Waals surface area (Å²) in [6.07, 6.45) is 8.58. The van der Waals surface area contributed by atoms with Gasteiger partial charge in [-0.3, -0.25) is 4.79 Å². The molecule has 0 spiro atoms. The molecule has 0 aromatic heterocycles. The fraction of sp³-hybridized carbons (Fsp3) is 0.407. The fourth-order valence-corrected chi connectivity index (χ4v) is 5.04. The molecule has 2 aliphatic carbocycles. The van der Waals surface area contributed by atoms with Crippen molar-refractivity contribution in [2.24, 2.45) is 5.92 Å². The first-order valence-electron chi connectivity index (χ1n) is 11.2. The van der Waals surface area contributed by atoms with E-state index >= 15 is 0 Å². The van der Waals surface area contributed by atoms with E-state index in [4.69, 9.17) is 14.7 Å². The van der Waals surface area contributed by atoms with Crippen molar-refractivity contribution in [3.05, 3.63) is 70.3 Å². The number of carbonyl (C=O) groups excluding carboxylic acids is 3. The normalized spacial score (nSPS) is 15.7. The molecular formula is C27H30O4. The summed E-state index contributed by atoms with van der Waals surface area (Å²) in [5.74, 6) is 0.751. The second kappa shape index (κ2) is 11.0. The van der Waals surface area contributed by atoms with Gasteiger partial charge in [-0.2, -0.15) is 9.59 Å². The number of hydrogen-bond donors (Lipinski definition) is 1. The summed E-state index contributed by atoms with van der Waals surface area (Å²) in [6, 6.07) is 15.0. The Morgan fingerprint density at radius 2 is 1.74 bits per heavy atom. The minimum atomic E-state index is 0.0641. The van der Waals surface area contributed by atoms with Crippen molar-refractivity contribution in [2.75, 3.05) is 6.61 Å². The summed E-state index contributed by atoms with van der Waals surface area (Å²) < 4.78 is 0. The summed E-state index contributed by atoms with van der Waals surface area (Å²) >= 11 is 0. The molecule has 0 bridgehead atoms. The molecule has 2 aromatic carbocycles. The predicted octanol–water partition coefficient (Wildman–Crippen LogP) is 5.41. The molecule has 1 fully saturated rings. The van der Waals surface area contributed by atoms with Crippen LogP contribution in [0.4, 0.5) is 0 Å². The summed E-state index contributed by atoms with van der Waals surface area (Å²) in [5, 5.41) is 9.14. The predicted molar refractivity (Wildman–Crippen MR) is 120 cm³/mol. The van der Waals surface area contributed by atoms with Crippen molar-refractivity contribution >= 4 is 23.1 Å². The number of carbonyl (C=O) groups is 1. The maximum Gasteiger partial charge on any atom is 0.373 e. The Kier molecular flexibility index (Phi) is 8.11. The first-order chi connectivity index (χ1) is 15.1. The van der Waals surface area contributed by atoms with Gasteiger partial charge in [0.25, 0.3) is 0 Å². The van der Waals surface area contributed by atoms with Gasteiger partial charge in [-0.05, 0) is 66.4 Å². The van der Waals surface area contributed by atoms with Gasteiger partial charge in [0, 0.05) is 18.6 Å². The van der Waals surface area contributed by atoms with Crippen LogP contribution in [-0.2, 0) is 16.0 Å². The highest BCUT2D eigenvalue weighted by Gasteiger charge is 2.30. The van der Waals surface area contributed by atoms with E-state index in [0.717, 1.165) is 17.5 Å². The third kappa shape index (κ3) is 5.28. The van der Waals surface area contributed by atoms with Gasteiger partial charge in [-0.1, -0.05) is 67.3 Å². The van der Waals surface area contributed by atoms with Gasteiger partial charge in [0.1, 0.15) is 0 Å². The molecule has 2 aliphatic rings. The van der Waals surface area contributed by atoms with E-state index < -0.39 is 0 Å². The second-order valence-electron chi connectivity index (χ2n) is 8.44. The van der Waals surface area contributed by atoms with Crippen molar-refractivity contribution in [1.82, 2.24) is 0 Å². The number of rotatable bonds is 6. The average Bonchev–Trinajstić information content (AvgIpc) is 3.17. The van der Waals surface area contributed by atoms with Crippen LogP contribution in [0, 0.1) is 12.8 Å². The maximum absolute atomic E-state index is 12.9. The zero-order valence-electron chi connectivity index (χ0n) is 18.2. The molecule has 0 radical (unpaired) electrons. The Bertz CT molecular complexity index is 990. The van der Waals surface area contributed by atoms with E-state index in [-0.39, 0.29) is 18.5 Å². The monoisotopic (exact) mass is 418 g/mol. The van der Waals surface area contributed by atoms with Gasteiger partial charge >= 0.3 is 6.15 Å². The minimum absolute atomic E-state index is 0.0641. The maximum atomic E-state index is 12.9. The van der Waals surface area contributed by atoms with Crippen LogP contribution in [0.2, 0.25) is 0 Å². The number of benzene rings is 2. The number of Topliss-reactive ketones (excluding diaryl/α,β-unsaturated/α-hetero) is 1. The molecule has 4 rings (SSSR count). The van der Waals surface area contributed by atoms with Crippen LogP contribution in [0.3, 0.4) is 0 Å². The lowest BCUT2D eigenvalue weighted by molar-refractivity contribution is -0.191. The summed E-state index contributed by atoms with van der Waals surface area (Å²) in [5.41, 5.74) is 8.91. The molecule has 0 heterocycles. The van der Waals surface area contributed by atoms with Gasteiger partial charge in [0.15, 0.2) is 5.78 Å². The highest BCUT2D eigenvalue weighted by atomic mass is 16.3. The molecule has 1 saturated carbocycles. The molecule has 2 aromatic rings. The molecule has 1 N–H and O–H groups in total. The quantitative estimate of drug-likeness (QED) is 0.637.